The Morgan fingerprint density at radius 3 is 2.55 bits per heavy atom. The largest absolute Gasteiger partial charge is 0.354 e. The molecule has 6 nitrogen and oxygen atoms in total. The zero-order chi connectivity index (χ0) is 20.4. The van der Waals surface area contributed by atoms with Crippen molar-refractivity contribution in [2.45, 2.75) is 6.42 Å². The summed E-state index contributed by atoms with van der Waals surface area (Å²) in [7, 11) is -3.04. The van der Waals surface area contributed by atoms with Gasteiger partial charge in [-0.05, 0) is 36.8 Å². The first-order valence-electron chi connectivity index (χ1n) is 9.11. The van der Waals surface area contributed by atoms with Gasteiger partial charge in [-0.2, -0.15) is 0 Å². The lowest BCUT2D eigenvalue weighted by Gasteiger charge is -2.22. The van der Waals surface area contributed by atoms with Crippen molar-refractivity contribution >= 4 is 27.3 Å². The van der Waals surface area contributed by atoms with Crippen molar-refractivity contribution in [1.82, 2.24) is 15.0 Å². The molecule has 0 N–H and O–H groups in total. The van der Waals surface area contributed by atoms with E-state index < -0.39 is 9.84 Å². The number of benzene rings is 1. The first-order valence-corrected chi connectivity index (χ1v) is 11.3. The molecule has 0 unspecified atom stereocenters. The summed E-state index contributed by atoms with van der Waals surface area (Å²) in [6, 6.07) is 7.74. The third-order valence-corrected chi connectivity index (χ3v) is 6.80. The molecule has 1 saturated heterocycles. The monoisotopic (exact) mass is 432 g/mol. The molecule has 0 aliphatic carbocycles. The molecule has 1 aliphatic rings. The van der Waals surface area contributed by atoms with Gasteiger partial charge in [0, 0.05) is 36.6 Å². The molecular formula is C20H18ClFN4O2S. The Morgan fingerprint density at radius 1 is 1.00 bits per heavy atom. The highest BCUT2D eigenvalue weighted by Gasteiger charge is 2.22. The smallest absolute Gasteiger partial charge is 0.152 e. The van der Waals surface area contributed by atoms with Crippen molar-refractivity contribution in [3.05, 3.63) is 59.8 Å². The molecule has 9 heteroatoms. The maximum absolute atomic E-state index is 13.4. The van der Waals surface area contributed by atoms with E-state index in [4.69, 9.17) is 16.6 Å². The zero-order valence-corrected chi connectivity index (χ0v) is 17.0. The fourth-order valence-electron chi connectivity index (χ4n) is 3.27. The van der Waals surface area contributed by atoms with E-state index in [1.807, 2.05) is 4.90 Å². The van der Waals surface area contributed by atoms with Gasteiger partial charge in [-0.3, -0.25) is 9.97 Å². The molecule has 0 atom stereocenters. The number of sulfone groups is 1. The second-order valence-electron chi connectivity index (χ2n) is 6.78. The standard InChI is InChI=1S/C20H18ClFN4O2S/c21-17-12-23-7-6-16(17)20-19(14-2-4-15(22)5-3-14)24-13-18(25-20)26-8-1-10-29(27,28)11-9-26/h2-7,12-13H,1,8-11H2. The minimum atomic E-state index is -3.04. The molecule has 1 aromatic carbocycles. The Labute approximate surface area is 173 Å². The van der Waals surface area contributed by atoms with Crippen LogP contribution in [0.15, 0.2) is 48.9 Å². The summed E-state index contributed by atoms with van der Waals surface area (Å²) in [5.41, 5.74) is 2.45. The number of hydrogen-bond acceptors (Lipinski definition) is 6. The summed E-state index contributed by atoms with van der Waals surface area (Å²) in [5, 5.41) is 0.417. The van der Waals surface area contributed by atoms with Gasteiger partial charge >= 0.3 is 0 Å². The van der Waals surface area contributed by atoms with Crippen molar-refractivity contribution < 1.29 is 12.8 Å². The molecule has 1 fully saturated rings. The Morgan fingerprint density at radius 2 is 1.79 bits per heavy atom. The van der Waals surface area contributed by atoms with Crippen LogP contribution in [0.2, 0.25) is 5.02 Å². The summed E-state index contributed by atoms with van der Waals surface area (Å²) < 4.78 is 37.2. The van der Waals surface area contributed by atoms with E-state index in [2.05, 4.69) is 9.97 Å². The average molecular weight is 433 g/mol. The summed E-state index contributed by atoms with van der Waals surface area (Å²) >= 11 is 6.36. The van der Waals surface area contributed by atoms with Gasteiger partial charge in [0.2, 0.25) is 0 Å². The quantitative estimate of drug-likeness (QED) is 0.629. The molecule has 3 heterocycles. The van der Waals surface area contributed by atoms with Crippen LogP contribution >= 0.6 is 11.6 Å². The van der Waals surface area contributed by atoms with Crippen molar-refractivity contribution in [1.29, 1.82) is 0 Å². The molecule has 0 bridgehead atoms. The molecular weight excluding hydrogens is 415 g/mol. The lowest BCUT2D eigenvalue weighted by molar-refractivity contribution is 0.597. The highest BCUT2D eigenvalue weighted by Crippen LogP contribution is 2.34. The van der Waals surface area contributed by atoms with Gasteiger partial charge in [-0.1, -0.05) is 11.6 Å². The van der Waals surface area contributed by atoms with Crippen LogP contribution in [0.1, 0.15) is 6.42 Å². The fraction of sp³-hybridized carbons (Fsp3) is 0.250. The fourth-order valence-corrected chi connectivity index (χ4v) is 4.75. The molecule has 0 saturated carbocycles. The van der Waals surface area contributed by atoms with Gasteiger partial charge in [0.15, 0.2) is 9.84 Å². The topological polar surface area (TPSA) is 76.1 Å². The van der Waals surface area contributed by atoms with Crippen LogP contribution in [0.25, 0.3) is 22.5 Å². The summed E-state index contributed by atoms with van der Waals surface area (Å²) in [6.45, 7) is 0.934. The third kappa shape index (κ3) is 4.38. The predicted octanol–water partition coefficient (Wildman–Crippen LogP) is 3.62. The van der Waals surface area contributed by atoms with Gasteiger partial charge in [0.05, 0.1) is 28.4 Å². The number of hydrogen-bond donors (Lipinski definition) is 0. The first-order chi connectivity index (χ1) is 13.9. The normalized spacial score (nSPS) is 16.4. The van der Waals surface area contributed by atoms with E-state index in [0.717, 1.165) is 0 Å². The molecule has 0 spiro atoms. The minimum absolute atomic E-state index is 0.0831. The van der Waals surface area contributed by atoms with E-state index in [0.29, 0.717) is 52.9 Å². The molecule has 3 aromatic rings. The van der Waals surface area contributed by atoms with Gasteiger partial charge < -0.3 is 4.90 Å². The maximum atomic E-state index is 13.4. The molecule has 29 heavy (non-hydrogen) atoms. The lowest BCUT2D eigenvalue weighted by Crippen LogP contribution is -2.28. The summed E-state index contributed by atoms with van der Waals surface area (Å²) in [5.74, 6) is 0.497. The molecule has 150 valence electrons. The van der Waals surface area contributed by atoms with Crippen LogP contribution in [-0.4, -0.2) is 48.0 Å². The SMILES string of the molecule is O=S1(=O)CCCN(c2cnc(-c3ccc(F)cc3)c(-c3ccncc3Cl)n2)CC1. The lowest BCUT2D eigenvalue weighted by atomic mass is 10.0. The maximum Gasteiger partial charge on any atom is 0.152 e. The number of pyridine rings is 1. The number of nitrogens with zero attached hydrogens (tertiary/aromatic N) is 4. The molecule has 1 aliphatic heterocycles. The zero-order valence-electron chi connectivity index (χ0n) is 15.4. The Hall–Kier alpha value is -2.58. The van der Waals surface area contributed by atoms with E-state index in [9.17, 15) is 12.8 Å². The summed E-state index contributed by atoms with van der Waals surface area (Å²) in [6.07, 6.45) is 5.30. The molecule has 4 rings (SSSR count). The Bertz CT molecular complexity index is 1140. The van der Waals surface area contributed by atoms with Crippen LogP contribution < -0.4 is 4.90 Å². The van der Waals surface area contributed by atoms with E-state index in [1.54, 1.807) is 30.6 Å². The first kappa shape index (κ1) is 19.7. The number of anilines is 1. The highest BCUT2D eigenvalue weighted by molar-refractivity contribution is 7.91. The third-order valence-electron chi connectivity index (χ3n) is 4.78. The van der Waals surface area contributed by atoms with Gasteiger partial charge in [-0.15, -0.1) is 0 Å². The summed E-state index contributed by atoms with van der Waals surface area (Å²) in [4.78, 5) is 15.3. The second-order valence-corrected chi connectivity index (χ2v) is 9.49. The van der Waals surface area contributed by atoms with Crippen LogP contribution in [0.4, 0.5) is 10.2 Å². The van der Waals surface area contributed by atoms with Crippen molar-refractivity contribution in [2.75, 3.05) is 29.5 Å². The number of rotatable bonds is 3. The molecule has 2 aromatic heterocycles. The van der Waals surface area contributed by atoms with Crippen molar-refractivity contribution in [2.24, 2.45) is 0 Å². The minimum Gasteiger partial charge on any atom is -0.354 e. The van der Waals surface area contributed by atoms with Crippen molar-refractivity contribution in [3.8, 4) is 22.5 Å². The Kier molecular flexibility index (Phi) is 5.47. The van der Waals surface area contributed by atoms with E-state index >= 15 is 0 Å². The van der Waals surface area contributed by atoms with Crippen LogP contribution in [0, 0.1) is 5.82 Å². The average Bonchev–Trinajstić information content (AvgIpc) is 2.89. The predicted molar refractivity (Wildman–Crippen MR) is 111 cm³/mol. The van der Waals surface area contributed by atoms with Crippen LogP contribution in [-0.2, 0) is 9.84 Å². The highest BCUT2D eigenvalue weighted by atomic mass is 35.5. The molecule has 0 amide bonds. The van der Waals surface area contributed by atoms with Gasteiger partial charge in [-0.25, -0.2) is 17.8 Å². The van der Waals surface area contributed by atoms with Gasteiger partial charge in [0.25, 0.3) is 0 Å². The number of halogens is 2. The molecule has 0 radical (unpaired) electrons. The number of aromatic nitrogens is 3. The Balaban J connectivity index is 1.81. The van der Waals surface area contributed by atoms with E-state index in [1.165, 1.54) is 18.3 Å². The van der Waals surface area contributed by atoms with Crippen LogP contribution in [0.3, 0.4) is 0 Å². The van der Waals surface area contributed by atoms with Gasteiger partial charge in [0.1, 0.15) is 17.3 Å². The van der Waals surface area contributed by atoms with Crippen LogP contribution in [0.5, 0.6) is 0 Å². The second kappa shape index (κ2) is 8.04. The van der Waals surface area contributed by atoms with Crippen molar-refractivity contribution in [3.63, 3.8) is 0 Å². The van der Waals surface area contributed by atoms with E-state index in [-0.39, 0.29) is 17.3 Å².